The lowest BCUT2D eigenvalue weighted by Crippen LogP contribution is -2.47. The van der Waals surface area contributed by atoms with E-state index in [1.54, 1.807) is 0 Å². The van der Waals surface area contributed by atoms with E-state index in [9.17, 15) is 27.2 Å². The molecular weight excluding hydrogens is 304 g/mol. The third-order valence-corrected chi connectivity index (χ3v) is 3.57. The van der Waals surface area contributed by atoms with E-state index >= 15 is 0 Å². The summed E-state index contributed by atoms with van der Waals surface area (Å²) in [5.74, 6) is -2.18. The number of halogens is 4. The first-order valence-electron chi connectivity index (χ1n) is 6.63. The summed E-state index contributed by atoms with van der Waals surface area (Å²) in [4.78, 5) is 24.9. The highest BCUT2D eigenvalue weighted by atomic mass is 19.4. The number of hydrogen-bond acceptors (Lipinski definition) is 2. The molecule has 1 fully saturated rings. The van der Waals surface area contributed by atoms with Gasteiger partial charge in [0.2, 0.25) is 11.8 Å². The van der Waals surface area contributed by atoms with Gasteiger partial charge in [-0.05, 0) is 31.0 Å². The van der Waals surface area contributed by atoms with Crippen molar-refractivity contribution in [3.05, 3.63) is 29.6 Å². The zero-order chi connectivity index (χ0) is 16.5. The molecule has 1 unspecified atom stereocenters. The minimum absolute atomic E-state index is 0.0816. The number of carbonyl (C=O) groups excluding carboxylic acids is 2. The van der Waals surface area contributed by atoms with Gasteiger partial charge in [0, 0.05) is 19.2 Å². The number of amides is 2. The highest BCUT2D eigenvalue weighted by Gasteiger charge is 2.34. The molecule has 1 aromatic rings. The molecule has 1 aliphatic heterocycles. The molecule has 0 saturated carbocycles. The van der Waals surface area contributed by atoms with Crippen LogP contribution in [0.1, 0.15) is 24.8 Å². The molecule has 0 radical (unpaired) electrons. The van der Waals surface area contributed by atoms with Crippen LogP contribution >= 0.6 is 0 Å². The Labute approximate surface area is 124 Å². The lowest BCUT2D eigenvalue weighted by Gasteiger charge is -2.31. The predicted molar refractivity (Wildman–Crippen MR) is 70.4 cm³/mol. The number of alkyl halides is 3. The first-order chi connectivity index (χ1) is 10.2. The van der Waals surface area contributed by atoms with E-state index in [0.717, 1.165) is 6.07 Å². The molecule has 1 N–H and O–H groups in total. The SMILES string of the molecule is CN1C(=O)CCCC1C(=O)Nc1ccc(C(F)(F)F)c(F)c1. The Morgan fingerprint density at radius 2 is 2.05 bits per heavy atom. The zero-order valence-electron chi connectivity index (χ0n) is 11.7. The first-order valence-corrected chi connectivity index (χ1v) is 6.63. The van der Waals surface area contributed by atoms with E-state index in [4.69, 9.17) is 0 Å². The van der Waals surface area contributed by atoms with Crippen LogP contribution in [0.2, 0.25) is 0 Å². The number of hydrogen-bond donors (Lipinski definition) is 1. The van der Waals surface area contributed by atoms with E-state index in [1.165, 1.54) is 11.9 Å². The summed E-state index contributed by atoms with van der Waals surface area (Å²) in [6, 6.07) is 1.46. The van der Waals surface area contributed by atoms with Crippen molar-refractivity contribution in [1.82, 2.24) is 4.90 Å². The Morgan fingerprint density at radius 3 is 2.64 bits per heavy atom. The Kier molecular flexibility index (Phi) is 4.39. The summed E-state index contributed by atoms with van der Waals surface area (Å²) in [7, 11) is 1.49. The van der Waals surface area contributed by atoms with Crippen molar-refractivity contribution >= 4 is 17.5 Å². The zero-order valence-corrected chi connectivity index (χ0v) is 11.7. The smallest absolute Gasteiger partial charge is 0.334 e. The molecule has 0 spiro atoms. The number of rotatable bonds is 2. The summed E-state index contributed by atoms with van der Waals surface area (Å²) >= 11 is 0. The quantitative estimate of drug-likeness (QED) is 0.853. The number of nitrogens with zero attached hydrogens (tertiary/aromatic N) is 1. The van der Waals surface area contributed by atoms with Gasteiger partial charge in [-0.15, -0.1) is 0 Å². The maximum Gasteiger partial charge on any atom is 0.419 e. The lowest BCUT2D eigenvalue weighted by molar-refractivity contribution is -0.140. The topological polar surface area (TPSA) is 49.4 Å². The summed E-state index contributed by atoms with van der Waals surface area (Å²) < 4.78 is 50.8. The molecular formula is C14H14F4N2O2. The monoisotopic (exact) mass is 318 g/mol. The van der Waals surface area contributed by atoms with E-state index in [0.29, 0.717) is 31.4 Å². The molecule has 1 saturated heterocycles. The minimum Gasteiger partial charge on any atom is -0.334 e. The van der Waals surface area contributed by atoms with Crippen molar-refractivity contribution in [1.29, 1.82) is 0 Å². The van der Waals surface area contributed by atoms with Crippen LogP contribution in [-0.4, -0.2) is 29.8 Å². The molecule has 1 aliphatic rings. The predicted octanol–water partition coefficient (Wildman–Crippen LogP) is 2.79. The van der Waals surface area contributed by atoms with Gasteiger partial charge in [0.05, 0.1) is 5.56 Å². The number of carbonyl (C=O) groups is 2. The van der Waals surface area contributed by atoms with Crippen LogP contribution in [-0.2, 0) is 15.8 Å². The van der Waals surface area contributed by atoms with Crippen LogP contribution in [0.15, 0.2) is 18.2 Å². The molecule has 120 valence electrons. The number of nitrogens with one attached hydrogen (secondary N) is 1. The molecule has 1 heterocycles. The largest absolute Gasteiger partial charge is 0.419 e. The van der Waals surface area contributed by atoms with Crippen LogP contribution in [0.4, 0.5) is 23.2 Å². The number of benzene rings is 1. The molecule has 0 bridgehead atoms. The van der Waals surface area contributed by atoms with Gasteiger partial charge in [0.25, 0.3) is 0 Å². The standard InChI is InChI=1S/C14H14F4N2O2/c1-20-11(3-2-4-12(20)21)13(22)19-8-5-6-9(10(15)7-8)14(16,17)18/h5-7,11H,2-4H2,1H3,(H,19,22). The third-order valence-electron chi connectivity index (χ3n) is 3.57. The van der Waals surface area contributed by atoms with Crippen LogP contribution < -0.4 is 5.32 Å². The maximum absolute atomic E-state index is 13.4. The van der Waals surface area contributed by atoms with Crippen LogP contribution in [0.25, 0.3) is 0 Å². The Balaban J connectivity index is 2.12. The molecule has 2 rings (SSSR count). The Hall–Kier alpha value is -2.12. The fourth-order valence-corrected chi connectivity index (χ4v) is 2.35. The second-order valence-electron chi connectivity index (χ2n) is 5.09. The number of likely N-dealkylation sites (N-methyl/N-ethyl adjacent to an activating group) is 1. The van der Waals surface area contributed by atoms with Crippen LogP contribution in [0.3, 0.4) is 0 Å². The molecule has 8 heteroatoms. The molecule has 1 atom stereocenters. The van der Waals surface area contributed by atoms with Crippen molar-refractivity contribution in [2.75, 3.05) is 12.4 Å². The normalized spacial score (nSPS) is 19.2. The van der Waals surface area contributed by atoms with E-state index < -0.39 is 29.5 Å². The van der Waals surface area contributed by atoms with Crippen molar-refractivity contribution in [2.45, 2.75) is 31.5 Å². The number of anilines is 1. The van der Waals surface area contributed by atoms with Crippen molar-refractivity contribution in [3.63, 3.8) is 0 Å². The number of likely N-dealkylation sites (tertiary alicyclic amines) is 1. The summed E-state index contributed by atoms with van der Waals surface area (Å²) in [5, 5.41) is 2.34. The highest BCUT2D eigenvalue weighted by Crippen LogP contribution is 2.32. The van der Waals surface area contributed by atoms with E-state index in [-0.39, 0.29) is 11.6 Å². The minimum atomic E-state index is -4.79. The molecule has 1 aromatic carbocycles. The van der Waals surface area contributed by atoms with Gasteiger partial charge in [0.15, 0.2) is 0 Å². The van der Waals surface area contributed by atoms with Gasteiger partial charge in [-0.3, -0.25) is 9.59 Å². The Morgan fingerprint density at radius 1 is 1.36 bits per heavy atom. The number of piperidine rings is 1. The summed E-state index contributed by atoms with van der Waals surface area (Å²) in [6.45, 7) is 0. The van der Waals surface area contributed by atoms with Crippen molar-refractivity contribution in [3.8, 4) is 0 Å². The highest BCUT2D eigenvalue weighted by molar-refractivity contribution is 5.97. The summed E-state index contributed by atoms with van der Waals surface area (Å²) in [6.07, 6.45) is -3.42. The van der Waals surface area contributed by atoms with Gasteiger partial charge in [-0.25, -0.2) is 4.39 Å². The van der Waals surface area contributed by atoms with Crippen molar-refractivity contribution in [2.24, 2.45) is 0 Å². The van der Waals surface area contributed by atoms with Gasteiger partial charge >= 0.3 is 6.18 Å². The Bertz CT molecular complexity index is 601. The van der Waals surface area contributed by atoms with Gasteiger partial charge in [-0.2, -0.15) is 13.2 Å². The van der Waals surface area contributed by atoms with E-state index in [1.807, 2.05) is 0 Å². The van der Waals surface area contributed by atoms with Gasteiger partial charge in [0.1, 0.15) is 11.9 Å². The second-order valence-corrected chi connectivity index (χ2v) is 5.09. The molecule has 4 nitrogen and oxygen atoms in total. The third kappa shape index (κ3) is 3.37. The van der Waals surface area contributed by atoms with Gasteiger partial charge in [-0.1, -0.05) is 0 Å². The maximum atomic E-state index is 13.4. The molecule has 0 aliphatic carbocycles. The molecule has 0 aromatic heterocycles. The van der Waals surface area contributed by atoms with Crippen LogP contribution in [0.5, 0.6) is 0 Å². The fourth-order valence-electron chi connectivity index (χ4n) is 2.35. The average Bonchev–Trinajstić information content (AvgIpc) is 2.40. The second kappa shape index (κ2) is 5.94. The first kappa shape index (κ1) is 16.3. The van der Waals surface area contributed by atoms with Crippen LogP contribution in [0, 0.1) is 5.82 Å². The van der Waals surface area contributed by atoms with E-state index in [2.05, 4.69) is 5.32 Å². The average molecular weight is 318 g/mol. The van der Waals surface area contributed by atoms with Crippen molar-refractivity contribution < 1.29 is 27.2 Å². The fraction of sp³-hybridized carbons (Fsp3) is 0.429. The van der Waals surface area contributed by atoms with Gasteiger partial charge < -0.3 is 10.2 Å². The lowest BCUT2D eigenvalue weighted by atomic mass is 10.0. The molecule has 22 heavy (non-hydrogen) atoms. The summed E-state index contributed by atoms with van der Waals surface area (Å²) in [5.41, 5.74) is -1.47. The molecule has 2 amide bonds.